The molecule has 0 saturated heterocycles. The largest absolute Gasteiger partial charge is 0.492 e. The minimum absolute atomic E-state index is 0.0995. The van der Waals surface area contributed by atoms with E-state index < -0.39 is 0 Å². The van der Waals surface area contributed by atoms with E-state index in [9.17, 15) is 4.79 Å². The van der Waals surface area contributed by atoms with E-state index in [1.54, 1.807) is 13.1 Å². The smallest absolute Gasteiger partial charge is 0.253 e. The van der Waals surface area contributed by atoms with E-state index >= 15 is 0 Å². The number of carbonyl (C=O) groups is 1. The van der Waals surface area contributed by atoms with Crippen LogP contribution in [0.1, 0.15) is 15.9 Å². The topological polar surface area (TPSA) is 50.4 Å². The minimum atomic E-state index is -0.0995. The van der Waals surface area contributed by atoms with Crippen molar-refractivity contribution >= 4 is 11.6 Å². The van der Waals surface area contributed by atoms with Crippen LogP contribution in [0.5, 0.6) is 5.75 Å². The van der Waals surface area contributed by atoms with E-state index in [0.717, 1.165) is 11.4 Å². The fourth-order valence-electron chi connectivity index (χ4n) is 1.96. The SMILES string of the molecule is CNC(=O)c1ccccc1NCCOc1ccc(C)cc1. The van der Waals surface area contributed by atoms with Crippen molar-refractivity contribution in [2.75, 3.05) is 25.5 Å². The van der Waals surface area contributed by atoms with Gasteiger partial charge in [0.05, 0.1) is 5.56 Å². The fourth-order valence-corrected chi connectivity index (χ4v) is 1.96. The third kappa shape index (κ3) is 4.24. The number of nitrogens with one attached hydrogen (secondary N) is 2. The van der Waals surface area contributed by atoms with Crippen LogP contribution in [0.15, 0.2) is 48.5 Å². The van der Waals surface area contributed by atoms with Crippen molar-refractivity contribution in [3.05, 3.63) is 59.7 Å². The molecule has 21 heavy (non-hydrogen) atoms. The van der Waals surface area contributed by atoms with Crippen molar-refractivity contribution in [1.29, 1.82) is 0 Å². The summed E-state index contributed by atoms with van der Waals surface area (Å²) in [5.74, 6) is 0.750. The molecule has 0 bridgehead atoms. The van der Waals surface area contributed by atoms with Gasteiger partial charge < -0.3 is 15.4 Å². The lowest BCUT2D eigenvalue weighted by Gasteiger charge is -2.12. The number of amides is 1. The Labute approximate surface area is 125 Å². The lowest BCUT2D eigenvalue weighted by atomic mass is 10.1. The Morgan fingerprint density at radius 3 is 2.52 bits per heavy atom. The maximum Gasteiger partial charge on any atom is 0.253 e. The number of hydrogen-bond acceptors (Lipinski definition) is 3. The van der Waals surface area contributed by atoms with E-state index in [1.165, 1.54) is 5.56 Å². The lowest BCUT2D eigenvalue weighted by molar-refractivity contribution is 0.0964. The molecule has 110 valence electrons. The molecule has 4 heteroatoms. The molecular formula is C17H20N2O2. The summed E-state index contributed by atoms with van der Waals surface area (Å²) >= 11 is 0. The Bertz CT molecular complexity index is 594. The second-order valence-electron chi connectivity index (χ2n) is 4.71. The molecule has 0 spiro atoms. The van der Waals surface area contributed by atoms with Crippen molar-refractivity contribution in [1.82, 2.24) is 5.32 Å². The van der Waals surface area contributed by atoms with Crippen molar-refractivity contribution in [3.63, 3.8) is 0 Å². The highest BCUT2D eigenvalue weighted by molar-refractivity contribution is 5.99. The van der Waals surface area contributed by atoms with Gasteiger partial charge in [0.1, 0.15) is 12.4 Å². The standard InChI is InChI=1S/C17H20N2O2/c1-13-7-9-14(10-8-13)21-12-11-19-16-6-4-3-5-15(16)17(20)18-2/h3-10,19H,11-12H2,1-2H3,(H,18,20). The zero-order valence-electron chi connectivity index (χ0n) is 12.3. The summed E-state index contributed by atoms with van der Waals surface area (Å²) < 4.78 is 5.65. The van der Waals surface area contributed by atoms with Gasteiger partial charge in [0.15, 0.2) is 0 Å². The maximum absolute atomic E-state index is 11.7. The predicted molar refractivity (Wildman–Crippen MR) is 85.0 cm³/mol. The summed E-state index contributed by atoms with van der Waals surface area (Å²) in [6.07, 6.45) is 0. The number of carbonyl (C=O) groups excluding carboxylic acids is 1. The zero-order chi connectivity index (χ0) is 15.1. The van der Waals surface area contributed by atoms with Gasteiger partial charge in [0.2, 0.25) is 0 Å². The number of anilines is 1. The van der Waals surface area contributed by atoms with Crippen molar-refractivity contribution in [3.8, 4) is 5.75 Å². The van der Waals surface area contributed by atoms with Gasteiger partial charge in [-0.15, -0.1) is 0 Å². The summed E-state index contributed by atoms with van der Waals surface area (Å²) in [6.45, 7) is 3.20. The molecular weight excluding hydrogens is 264 g/mol. The van der Waals surface area contributed by atoms with Crippen LogP contribution in [-0.4, -0.2) is 26.1 Å². The molecule has 4 nitrogen and oxygen atoms in total. The normalized spacial score (nSPS) is 10.0. The highest BCUT2D eigenvalue weighted by Gasteiger charge is 2.08. The average Bonchev–Trinajstić information content (AvgIpc) is 2.53. The molecule has 2 N–H and O–H groups in total. The van der Waals surface area contributed by atoms with E-state index in [1.807, 2.05) is 49.4 Å². The van der Waals surface area contributed by atoms with Gasteiger partial charge in [0.25, 0.3) is 5.91 Å². The first kappa shape index (κ1) is 14.9. The number of hydrogen-bond donors (Lipinski definition) is 2. The van der Waals surface area contributed by atoms with Gasteiger partial charge in [0, 0.05) is 19.3 Å². The Morgan fingerprint density at radius 2 is 1.81 bits per heavy atom. The molecule has 0 aliphatic heterocycles. The third-order valence-electron chi connectivity index (χ3n) is 3.11. The van der Waals surface area contributed by atoms with Gasteiger partial charge in [-0.05, 0) is 31.2 Å². The molecule has 2 aromatic rings. The Balaban J connectivity index is 1.86. The maximum atomic E-state index is 11.7. The average molecular weight is 284 g/mol. The number of rotatable bonds is 6. The Hall–Kier alpha value is -2.49. The Kier molecular flexibility index (Phi) is 5.21. The number of aryl methyl sites for hydroxylation is 1. The number of para-hydroxylation sites is 1. The van der Waals surface area contributed by atoms with Gasteiger partial charge in [-0.1, -0.05) is 29.8 Å². The first-order valence-electron chi connectivity index (χ1n) is 6.95. The molecule has 0 aromatic heterocycles. The van der Waals surface area contributed by atoms with Crippen LogP contribution in [-0.2, 0) is 0 Å². The molecule has 2 rings (SSSR count). The van der Waals surface area contributed by atoms with Crippen molar-refractivity contribution < 1.29 is 9.53 Å². The van der Waals surface area contributed by atoms with Crippen LogP contribution in [0, 0.1) is 6.92 Å². The van der Waals surface area contributed by atoms with Gasteiger partial charge in [-0.25, -0.2) is 0 Å². The van der Waals surface area contributed by atoms with E-state index in [-0.39, 0.29) is 5.91 Å². The van der Waals surface area contributed by atoms with Crippen LogP contribution < -0.4 is 15.4 Å². The summed E-state index contributed by atoms with van der Waals surface area (Å²) in [6, 6.07) is 15.4. The highest BCUT2D eigenvalue weighted by atomic mass is 16.5. The molecule has 0 saturated carbocycles. The second kappa shape index (κ2) is 7.33. The molecule has 0 fully saturated rings. The van der Waals surface area contributed by atoms with Gasteiger partial charge in [-0.3, -0.25) is 4.79 Å². The van der Waals surface area contributed by atoms with Crippen LogP contribution in [0.4, 0.5) is 5.69 Å². The second-order valence-corrected chi connectivity index (χ2v) is 4.71. The lowest BCUT2D eigenvalue weighted by Crippen LogP contribution is -2.20. The fraction of sp³-hybridized carbons (Fsp3) is 0.235. The first-order valence-corrected chi connectivity index (χ1v) is 6.95. The number of benzene rings is 2. The molecule has 0 atom stereocenters. The Morgan fingerprint density at radius 1 is 1.10 bits per heavy atom. The van der Waals surface area contributed by atoms with E-state index in [4.69, 9.17) is 4.74 Å². The predicted octanol–water partition coefficient (Wildman–Crippen LogP) is 2.85. The molecule has 0 unspecified atom stereocenters. The molecule has 0 aliphatic carbocycles. The van der Waals surface area contributed by atoms with Crippen LogP contribution in [0.2, 0.25) is 0 Å². The van der Waals surface area contributed by atoms with Crippen molar-refractivity contribution in [2.24, 2.45) is 0 Å². The minimum Gasteiger partial charge on any atom is -0.492 e. The molecule has 0 radical (unpaired) electrons. The summed E-state index contributed by atoms with van der Waals surface area (Å²) in [4.78, 5) is 11.7. The first-order chi connectivity index (χ1) is 10.2. The zero-order valence-corrected chi connectivity index (χ0v) is 12.3. The highest BCUT2D eigenvalue weighted by Crippen LogP contribution is 2.15. The van der Waals surface area contributed by atoms with E-state index in [2.05, 4.69) is 10.6 Å². The van der Waals surface area contributed by atoms with Crippen LogP contribution in [0.25, 0.3) is 0 Å². The summed E-state index contributed by atoms with van der Waals surface area (Å²) in [5.41, 5.74) is 2.65. The summed E-state index contributed by atoms with van der Waals surface area (Å²) in [5, 5.41) is 5.86. The third-order valence-corrected chi connectivity index (χ3v) is 3.11. The van der Waals surface area contributed by atoms with Gasteiger partial charge in [-0.2, -0.15) is 0 Å². The molecule has 1 amide bonds. The quantitative estimate of drug-likeness (QED) is 0.802. The monoisotopic (exact) mass is 284 g/mol. The van der Waals surface area contributed by atoms with Crippen LogP contribution in [0.3, 0.4) is 0 Å². The van der Waals surface area contributed by atoms with Gasteiger partial charge >= 0.3 is 0 Å². The molecule has 0 heterocycles. The number of ether oxygens (including phenoxy) is 1. The van der Waals surface area contributed by atoms with E-state index in [0.29, 0.717) is 18.7 Å². The molecule has 0 aliphatic rings. The van der Waals surface area contributed by atoms with Crippen LogP contribution >= 0.6 is 0 Å². The summed E-state index contributed by atoms with van der Waals surface area (Å²) in [7, 11) is 1.62. The van der Waals surface area contributed by atoms with Crippen molar-refractivity contribution in [2.45, 2.75) is 6.92 Å². The molecule has 2 aromatic carbocycles.